The second-order valence-electron chi connectivity index (χ2n) is 36.5. The average Bonchev–Trinajstić information content (AvgIpc) is 1.79. The van der Waals surface area contributed by atoms with Gasteiger partial charge in [0.2, 0.25) is 58.9 Å². The van der Waals surface area contributed by atoms with Gasteiger partial charge in [-0.05, 0) is 221 Å². The summed E-state index contributed by atoms with van der Waals surface area (Å²) >= 11 is 0. The van der Waals surface area contributed by atoms with Crippen molar-refractivity contribution in [3.8, 4) is 138 Å². The van der Waals surface area contributed by atoms with E-state index in [1.54, 1.807) is 0 Å². The summed E-state index contributed by atoms with van der Waals surface area (Å²) in [4.78, 5) is 0. The minimum atomic E-state index is -0.124. The molecular weight excluding hydrogens is 1330 g/mol. The second-order valence-corrected chi connectivity index (χ2v) is 36.5. The van der Waals surface area contributed by atoms with Crippen molar-refractivity contribution in [1.29, 1.82) is 0 Å². The fourth-order valence-corrected chi connectivity index (χ4v) is 12.2. The van der Waals surface area contributed by atoms with Crippen LogP contribution in [0.2, 0.25) is 0 Å². The summed E-state index contributed by atoms with van der Waals surface area (Å²) in [5.74, 6) is 5.33. The first-order valence-electron chi connectivity index (χ1n) is 36.6. The lowest BCUT2D eigenvalue weighted by molar-refractivity contribution is 0.482. The van der Waals surface area contributed by atoms with E-state index in [4.69, 9.17) is 31.6 Å². The first kappa shape index (κ1) is 74.3. The zero-order chi connectivity index (χ0) is 76.9. The number of benzene rings is 8. The summed E-state index contributed by atoms with van der Waals surface area (Å²) < 4.78 is 46.1. The maximum atomic E-state index is 6.68. The molecule has 550 valence electrons. The fourth-order valence-electron chi connectivity index (χ4n) is 12.2. The third kappa shape index (κ3) is 16.7. The highest BCUT2D eigenvalue weighted by Crippen LogP contribution is 2.44. The van der Waals surface area contributed by atoms with Gasteiger partial charge in [-0.25, -0.2) is 0 Å². The van der Waals surface area contributed by atoms with Gasteiger partial charge in [0.1, 0.15) is 23.0 Å². The van der Waals surface area contributed by atoms with E-state index in [9.17, 15) is 0 Å². The van der Waals surface area contributed by atoms with E-state index in [0.717, 1.165) is 22.3 Å². The van der Waals surface area contributed by atoms with Crippen molar-refractivity contribution in [1.82, 2.24) is 51.0 Å². The van der Waals surface area contributed by atoms with Crippen molar-refractivity contribution in [2.45, 2.75) is 209 Å². The molecule has 17 nitrogen and oxygen atoms in total. The number of aromatic nitrogens is 10. The monoisotopic (exact) mass is 1430 g/mol. The lowest BCUT2D eigenvalue weighted by Gasteiger charge is -2.25. The molecule has 8 aromatic carbocycles. The van der Waals surface area contributed by atoms with Crippen LogP contribution in [0, 0.1) is 0 Å². The van der Waals surface area contributed by atoms with Crippen LogP contribution in [-0.2, 0) is 43.3 Å². The van der Waals surface area contributed by atoms with Gasteiger partial charge in [0.05, 0.1) is 0 Å². The minimum Gasteiger partial charge on any atom is -0.457 e. The van der Waals surface area contributed by atoms with Gasteiger partial charge in [0.15, 0.2) is 0 Å². The Labute approximate surface area is 628 Å². The van der Waals surface area contributed by atoms with Gasteiger partial charge in [-0.2, -0.15) is 0 Å². The smallest absolute Gasteiger partial charge is 0.248 e. The van der Waals surface area contributed by atoms with E-state index in [-0.39, 0.29) is 66.9 Å². The van der Waals surface area contributed by atoms with E-state index >= 15 is 0 Å². The Morgan fingerprint density at radius 1 is 0.168 bits per heavy atom. The molecule has 0 spiro atoms. The van der Waals surface area contributed by atoms with Crippen LogP contribution in [0.1, 0.15) is 211 Å². The van der Waals surface area contributed by atoms with Crippen molar-refractivity contribution in [2.24, 2.45) is 0 Å². The molecule has 0 N–H and O–H groups in total. The van der Waals surface area contributed by atoms with Crippen molar-refractivity contribution < 1.29 is 31.6 Å². The van der Waals surface area contributed by atoms with Crippen LogP contribution in [0.3, 0.4) is 0 Å². The van der Waals surface area contributed by atoms with Gasteiger partial charge in [-0.15, -0.1) is 51.0 Å². The van der Waals surface area contributed by atoms with Crippen LogP contribution in [0.5, 0.6) is 23.0 Å². The molecule has 5 aromatic heterocycles. The molecule has 5 heterocycles. The topological polar surface area (TPSA) is 213 Å². The van der Waals surface area contributed by atoms with Crippen LogP contribution in [0.15, 0.2) is 180 Å². The van der Waals surface area contributed by atoms with Gasteiger partial charge in [0.25, 0.3) is 0 Å². The fraction of sp³-hybridized carbons (Fsp3) is 0.356. The summed E-state index contributed by atoms with van der Waals surface area (Å²) in [6.45, 7) is 52.9. The van der Waals surface area contributed by atoms with Crippen molar-refractivity contribution in [2.75, 3.05) is 0 Å². The summed E-state index contributed by atoms with van der Waals surface area (Å²) in [6.07, 6.45) is 0. The molecule has 0 aliphatic carbocycles. The standard InChI is InChI=1S/C90H98N10O7/c1-83(2,3)61-35-57(36-62(47-61)84(4,5)6)79-97-93-75(104-79)53-33-54(76-94-98-80(105-76)58-37-63(85(7,8)9)48-64(38-58)86(10,11)12)44-71(43-53)101-69-29-25-51(26-30-69)73-91-92-74(103-73)52-27-31-70(32-28-52)102-72-45-55(77-95-99-81(106-77)59-39-65(87(13,14)15)49-66(40-59)88(16,17)18)34-56(46-72)78-96-100-82(107-78)60-41-67(89(19,20)21)50-68(42-60)90(22,23)24/h25-50H,1-24H3. The Morgan fingerprint density at radius 2 is 0.318 bits per heavy atom. The molecule has 0 atom stereocenters. The largest absolute Gasteiger partial charge is 0.457 e. The molecule has 13 rings (SSSR count). The van der Waals surface area contributed by atoms with Gasteiger partial charge in [-0.3, -0.25) is 0 Å². The van der Waals surface area contributed by atoms with Crippen LogP contribution in [-0.4, -0.2) is 51.0 Å². The lowest BCUT2D eigenvalue weighted by Crippen LogP contribution is -2.16. The van der Waals surface area contributed by atoms with Gasteiger partial charge in [0, 0.05) is 55.6 Å². The van der Waals surface area contributed by atoms with Crippen molar-refractivity contribution in [3.05, 3.63) is 202 Å². The number of ether oxygens (including phenoxy) is 2. The van der Waals surface area contributed by atoms with Crippen LogP contribution < -0.4 is 9.47 Å². The highest BCUT2D eigenvalue weighted by molar-refractivity contribution is 5.73. The highest BCUT2D eigenvalue weighted by Gasteiger charge is 2.30. The molecule has 0 radical (unpaired) electrons. The molecule has 0 aliphatic rings. The first-order chi connectivity index (χ1) is 49.9. The van der Waals surface area contributed by atoms with Gasteiger partial charge in [-0.1, -0.05) is 190 Å². The number of rotatable bonds is 14. The Bertz CT molecular complexity index is 4710. The van der Waals surface area contributed by atoms with E-state index < -0.39 is 0 Å². The first-order valence-corrected chi connectivity index (χ1v) is 36.6. The third-order valence-electron chi connectivity index (χ3n) is 19.2. The lowest BCUT2D eigenvalue weighted by atomic mass is 9.79. The normalized spacial score (nSPS) is 12.9. The molecule has 0 fully saturated rings. The predicted molar refractivity (Wildman–Crippen MR) is 423 cm³/mol. The van der Waals surface area contributed by atoms with Gasteiger partial charge < -0.3 is 31.6 Å². The van der Waals surface area contributed by atoms with Crippen LogP contribution in [0.4, 0.5) is 0 Å². The quantitative estimate of drug-likeness (QED) is 0.0990. The molecule has 0 saturated heterocycles. The van der Waals surface area contributed by atoms with E-state index in [1.165, 1.54) is 44.5 Å². The number of hydrogen-bond donors (Lipinski definition) is 0. The molecule has 0 saturated carbocycles. The maximum Gasteiger partial charge on any atom is 0.248 e. The number of nitrogens with zero attached hydrogens (tertiary/aromatic N) is 10. The molecule has 13 aromatic rings. The maximum absolute atomic E-state index is 6.68. The average molecular weight is 1430 g/mol. The van der Waals surface area contributed by atoms with E-state index in [0.29, 0.717) is 91.7 Å². The van der Waals surface area contributed by atoms with Crippen molar-refractivity contribution in [3.63, 3.8) is 0 Å². The second kappa shape index (κ2) is 27.1. The molecule has 0 unspecified atom stereocenters. The van der Waals surface area contributed by atoms with E-state index in [1.807, 2.05) is 84.9 Å². The predicted octanol–water partition coefficient (Wildman–Crippen LogP) is 24.2. The van der Waals surface area contributed by atoms with Crippen molar-refractivity contribution >= 4 is 0 Å². The Balaban J connectivity index is 0.781. The Kier molecular flexibility index (Phi) is 18.8. The summed E-state index contributed by atoms with van der Waals surface area (Å²) in [5, 5.41) is 45.9. The van der Waals surface area contributed by atoms with E-state index in [2.05, 4.69) is 290 Å². The molecule has 0 bridgehead atoms. The minimum absolute atomic E-state index is 0.124. The summed E-state index contributed by atoms with van der Waals surface area (Å²) in [5.41, 5.74) is 15.4. The molecular formula is C90H98N10O7. The highest BCUT2D eigenvalue weighted by atomic mass is 16.5. The van der Waals surface area contributed by atoms with Crippen LogP contribution in [0.25, 0.3) is 115 Å². The summed E-state index contributed by atoms with van der Waals surface area (Å²) in [6, 6.07) is 52.2. The van der Waals surface area contributed by atoms with Gasteiger partial charge >= 0.3 is 0 Å². The number of hydrogen-bond acceptors (Lipinski definition) is 17. The SMILES string of the molecule is CC(C)(C)c1cc(-c2nnc(-c3cc(Oc4ccc(-c5nnc(-c6ccc(Oc7cc(-c8nnc(-c9cc(C(C)(C)C)cc(C(C)(C)C)c9)o8)cc(-c8nnc(-c9cc(C(C)(C)C)cc(C(C)(C)C)c9)o8)c7)cc6)o5)cc4)cc(-c4nnc(-c5cc(C(C)(C)C)cc(C(C)(C)C)c5)o4)c3)o2)cc(C(C)(C)C)c1. The molecule has 17 heteroatoms. The molecule has 0 amide bonds. The third-order valence-corrected chi connectivity index (χ3v) is 19.2. The van der Waals surface area contributed by atoms with Crippen LogP contribution >= 0.6 is 0 Å². The molecule has 107 heavy (non-hydrogen) atoms. The zero-order valence-electron chi connectivity index (χ0n) is 66.3. The zero-order valence-corrected chi connectivity index (χ0v) is 66.3. The Morgan fingerprint density at radius 3 is 0.477 bits per heavy atom. The summed E-state index contributed by atoms with van der Waals surface area (Å²) in [7, 11) is 0. The molecule has 0 aliphatic heterocycles. The Hall–Kier alpha value is -10.9.